The predicted molar refractivity (Wildman–Crippen MR) is 165 cm³/mol. The predicted octanol–water partition coefficient (Wildman–Crippen LogP) is 5.80. The van der Waals surface area contributed by atoms with Crippen molar-refractivity contribution >= 4 is 23.4 Å². The fourth-order valence-corrected chi connectivity index (χ4v) is 5.88. The number of benzene rings is 1. The number of aliphatic hydroxyl groups excluding tert-OH is 1. The molecule has 1 aliphatic heterocycles. The molecular formula is C33H50F3N3O6. The lowest BCUT2D eigenvalue weighted by molar-refractivity contribution is -0.149. The molecule has 3 rings (SSSR count). The Bertz CT molecular complexity index is 1130. The largest absolute Gasteiger partial charge is 0.490 e. The third-order valence-electron chi connectivity index (χ3n) is 8.80. The smallest absolute Gasteiger partial charge is 0.389 e. The molecule has 0 radical (unpaired) electrons. The molecule has 0 bridgehead atoms. The zero-order valence-electron chi connectivity index (χ0n) is 27.0. The summed E-state index contributed by atoms with van der Waals surface area (Å²) in [5, 5.41) is 13.1. The van der Waals surface area contributed by atoms with Crippen LogP contribution in [0.25, 0.3) is 0 Å². The standard InChI is InChI=1S/C33H50F3N3O6/c1-22-19-39(23(2)21-40)32(43)27-18-26(37-31(42)25-11-6-5-7-12-25)13-14-28(27)45-24(3)10-8-9-17-44-29(22)20-38(4)30(41)15-16-33(34,35)36/h13-14,18,22-25,29,40H,5-12,15-17,19-21H2,1-4H3,(H,37,42)/t22-,23-,24+,29-/m1/s1. The van der Waals surface area contributed by atoms with E-state index in [1.54, 1.807) is 25.1 Å². The van der Waals surface area contributed by atoms with Crippen molar-refractivity contribution in [3.05, 3.63) is 23.8 Å². The molecule has 1 heterocycles. The quantitative estimate of drug-likeness (QED) is 0.372. The summed E-state index contributed by atoms with van der Waals surface area (Å²) in [5.74, 6) is -1.14. The van der Waals surface area contributed by atoms with Gasteiger partial charge in [-0.15, -0.1) is 0 Å². The molecule has 1 aliphatic carbocycles. The van der Waals surface area contributed by atoms with E-state index in [2.05, 4.69) is 5.32 Å². The number of hydrogen-bond acceptors (Lipinski definition) is 6. The summed E-state index contributed by atoms with van der Waals surface area (Å²) in [6.07, 6.45) is -0.0793. The van der Waals surface area contributed by atoms with Crippen molar-refractivity contribution in [1.82, 2.24) is 9.80 Å². The van der Waals surface area contributed by atoms with Gasteiger partial charge in [0.2, 0.25) is 11.8 Å². The van der Waals surface area contributed by atoms with Crippen LogP contribution < -0.4 is 10.1 Å². The maximum absolute atomic E-state index is 14.2. The van der Waals surface area contributed by atoms with Crippen molar-refractivity contribution < 1.29 is 42.1 Å². The summed E-state index contributed by atoms with van der Waals surface area (Å²) in [7, 11) is 1.46. The molecule has 45 heavy (non-hydrogen) atoms. The number of carbonyl (C=O) groups is 3. The Labute approximate surface area is 264 Å². The first kappa shape index (κ1) is 36.6. The van der Waals surface area contributed by atoms with Crippen molar-refractivity contribution in [1.29, 1.82) is 0 Å². The lowest BCUT2D eigenvalue weighted by atomic mass is 9.88. The molecule has 1 saturated carbocycles. The maximum atomic E-state index is 14.2. The van der Waals surface area contributed by atoms with Crippen molar-refractivity contribution in [2.75, 3.05) is 38.7 Å². The second-order valence-corrected chi connectivity index (χ2v) is 12.7. The number of nitrogens with one attached hydrogen (secondary N) is 1. The minimum absolute atomic E-state index is 0.0564. The van der Waals surface area contributed by atoms with Gasteiger partial charge in [-0.3, -0.25) is 14.4 Å². The van der Waals surface area contributed by atoms with Gasteiger partial charge in [0, 0.05) is 50.7 Å². The van der Waals surface area contributed by atoms with Crippen molar-refractivity contribution in [2.45, 2.75) is 109 Å². The summed E-state index contributed by atoms with van der Waals surface area (Å²) in [4.78, 5) is 42.5. The number of ether oxygens (including phenoxy) is 2. The van der Waals surface area contributed by atoms with Crippen LogP contribution in [0.5, 0.6) is 5.75 Å². The van der Waals surface area contributed by atoms with Crippen LogP contribution in [-0.4, -0.2) is 90.4 Å². The van der Waals surface area contributed by atoms with Gasteiger partial charge in [-0.1, -0.05) is 26.2 Å². The molecule has 1 fully saturated rings. The van der Waals surface area contributed by atoms with Crippen LogP contribution in [0.4, 0.5) is 18.9 Å². The highest BCUT2D eigenvalue weighted by Crippen LogP contribution is 2.30. The van der Waals surface area contributed by atoms with E-state index in [4.69, 9.17) is 9.47 Å². The number of fused-ring (bicyclic) bond motifs is 1. The number of likely N-dealkylation sites (N-methyl/N-ethyl adjacent to an activating group) is 1. The first-order valence-corrected chi connectivity index (χ1v) is 16.2. The van der Waals surface area contributed by atoms with Crippen molar-refractivity contribution in [3.8, 4) is 5.75 Å². The fraction of sp³-hybridized carbons (Fsp3) is 0.727. The van der Waals surface area contributed by atoms with Crippen molar-refractivity contribution in [3.63, 3.8) is 0 Å². The van der Waals surface area contributed by atoms with Crippen LogP contribution in [-0.2, 0) is 14.3 Å². The Kier molecular flexibility index (Phi) is 14.0. The molecule has 2 N–H and O–H groups in total. The number of nitrogens with zero attached hydrogens (tertiary/aromatic N) is 2. The van der Waals surface area contributed by atoms with Crippen LogP contribution in [0.2, 0.25) is 0 Å². The van der Waals surface area contributed by atoms with E-state index in [0.29, 0.717) is 30.9 Å². The van der Waals surface area contributed by atoms with Crippen LogP contribution in [0.1, 0.15) is 95.3 Å². The number of rotatable bonds is 8. The van der Waals surface area contributed by atoms with E-state index in [9.17, 15) is 32.7 Å². The third kappa shape index (κ3) is 11.5. The van der Waals surface area contributed by atoms with Gasteiger partial charge in [-0.25, -0.2) is 0 Å². The van der Waals surface area contributed by atoms with E-state index in [1.165, 1.54) is 16.8 Å². The molecule has 12 heteroatoms. The number of amides is 3. The van der Waals surface area contributed by atoms with E-state index in [1.807, 2.05) is 13.8 Å². The maximum Gasteiger partial charge on any atom is 0.389 e. The van der Waals surface area contributed by atoms with Gasteiger partial charge in [0.15, 0.2) is 0 Å². The molecule has 1 aromatic rings. The number of halogens is 3. The Hall–Kier alpha value is -2.86. The summed E-state index contributed by atoms with van der Waals surface area (Å²) in [6.45, 7) is 5.75. The first-order valence-electron chi connectivity index (χ1n) is 16.2. The zero-order valence-corrected chi connectivity index (χ0v) is 27.0. The van der Waals surface area contributed by atoms with Crippen LogP contribution >= 0.6 is 0 Å². The number of alkyl halides is 3. The van der Waals surface area contributed by atoms with E-state index >= 15 is 0 Å². The highest BCUT2D eigenvalue weighted by molar-refractivity contribution is 6.00. The number of hydrogen-bond donors (Lipinski definition) is 2. The normalized spacial score (nSPS) is 23.3. The summed E-state index contributed by atoms with van der Waals surface area (Å²) in [5.41, 5.74) is 0.740. The SMILES string of the molecule is C[C@@H]1CN([C@H](C)CO)C(=O)c2cc(NC(=O)C3CCCCC3)ccc2O[C@@H](C)CCCCO[C@@H]1CN(C)C(=O)CCC(F)(F)F. The van der Waals surface area contributed by atoms with Gasteiger partial charge in [0.1, 0.15) is 5.75 Å². The fourth-order valence-electron chi connectivity index (χ4n) is 5.88. The third-order valence-corrected chi connectivity index (χ3v) is 8.80. The van der Waals surface area contributed by atoms with Crippen LogP contribution in [0.15, 0.2) is 18.2 Å². The molecule has 0 unspecified atom stereocenters. The lowest BCUT2D eigenvalue weighted by Crippen LogP contribution is -2.48. The van der Waals surface area contributed by atoms with Gasteiger partial charge < -0.3 is 29.7 Å². The average Bonchev–Trinajstić information content (AvgIpc) is 3.01. The molecular weight excluding hydrogens is 591 g/mol. The Morgan fingerprint density at radius 2 is 1.80 bits per heavy atom. The molecule has 2 aliphatic rings. The highest BCUT2D eigenvalue weighted by atomic mass is 19.4. The number of anilines is 1. The second kappa shape index (κ2) is 17.2. The van der Waals surface area contributed by atoms with E-state index in [-0.39, 0.29) is 49.1 Å². The van der Waals surface area contributed by atoms with Gasteiger partial charge in [-0.2, -0.15) is 13.2 Å². The van der Waals surface area contributed by atoms with Gasteiger partial charge in [-0.05, 0) is 64.2 Å². The van der Waals surface area contributed by atoms with Gasteiger partial charge >= 0.3 is 6.18 Å². The van der Waals surface area contributed by atoms with Crippen LogP contribution in [0.3, 0.4) is 0 Å². The summed E-state index contributed by atoms with van der Waals surface area (Å²) >= 11 is 0. The molecule has 0 spiro atoms. The summed E-state index contributed by atoms with van der Waals surface area (Å²) < 4.78 is 50.6. The first-order chi connectivity index (χ1) is 21.3. The lowest BCUT2D eigenvalue weighted by Gasteiger charge is -2.36. The minimum atomic E-state index is -4.43. The minimum Gasteiger partial charge on any atom is -0.490 e. The molecule has 254 valence electrons. The molecule has 4 atom stereocenters. The van der Waals surface area contributed by atoms with E-state index < -0.39 is 43.0 Å². The highest BCUT2D eigenvalue weighted by Gasteiger charge is 2.33. The number of carbonyl (C=O) groups excluding carboxylic acids is 3. The topological polar surface area (TPSA) is 108 Å². The number of aliphatic hydroxyl groups is 1. The average molecular weight is 642 g/mol. The Morgan fingerprint density at radius 1 is 1.11 bits per heavy atom. The molecule has 9 nitrogen and oxygen atoms in total. The summed E-state index contributed by atoms with van der Waals surface area (Å²) in [6, 6.07) is 4.47. The monoisotopic (exact) mass is 641 g/mol. The van der Waals surface area contributed by atoms with Gasteiger partial charge in [0.25, 0.3) is 5.91 Å². The van der Waals surface area contributed by atoms with Crippen LogP contribution in [0, 0.1) is 11.8 Å². The molecule has 1 aromatic carbocycles. The van der Waals surface area contributed by atoms with Crippen molar-refractivity contribution in [2.24, 2.45) is 11.8 Å². The molecule has 0 saturated heterocycles. The zero-order chi connectivity index (χ0) is 33.1. The van der Waals surface area contributed by atoms with Gasteiger partial charge in [0.05, 0.1) is 36.8 Å². The Balaban J connectivity index is 1.88. The molecule has 0 aromatic heterocycles. The Morgan fingerprint density at radius 3 is 2.47 bits per heavy atom. The second-order valence-electron chi connectivity index (χ2n) is 12.7. The van der Waals surface area contributed by atoms with E-state index in [0.717, 1.165) is 38.5 Å². The molecule has 3 amide bonds.